The predicted molar refractivity (Wildman–Crippen MR) is 73.8 cm³/mol. The van der Waals surface area contributed by atoms with Gasteiger partial charge in [0.05, 0.1) is 6.10 Å². The molecule has 1 N–H and O–H groups in total. The fraction of sp³-hybridized carbons (Fsp3) is 0.643. The van der Waals surface area contributed by atoms with Gasteiger partial charge in [-0.1, -0.05) is 19.9 Å². The largest absolute Gasteiger partial charge is 0.380 e. The molecule has 1 aromatic heterocycles. The van der Waals surface area contributed by atoms with Crippen molar-refractivity contribution in [2.24, 2.45) is 0 Å². The lowest BCUT2D eigenvalue weighted by Gasteiger charge is -2.17. The highest BCUT2D eigenvalue weighted by Gasteiger charge is 2.22. The van der Waals surface area contributed by atoms with Crippen molar-refractivity contribution in [2.45, 2.75) is 39.0 Å². The number of pyridine rings is 1. The van der Waals surface area contributed by atoms with Crippen molar-refractivity contribution in [2.75, 3.05) is 25.1 Å². The molecule has 0 saturated carbocycles. The van der Waals surface area contributed by atoms with Crippen LogP contribution in [0.15, 0.2) is 18.3 Å². The molecule has 4 heteroatoms. The van der Waals surface area contributed by atoms with Gasteiger partial charge in [-0.2, -0.15) is 0 Å². The topological polar surface area (TPSA) is 37.4 Å². The highest BCUT2D eigenvalue weighted by Crippen LogP contribution is 2.19. The zero-order chi connectivity index (χ0) is 13.0. The van der Waals surface area contributed by atoms with Crippen LogP contribution in [-0.2, 0) is 11.3 Å². The average molecular weight is 249 g/mol. The number of hydrogen-bond donors (Lipinski definition) is 1. The Bertz CT molecular complexity index is 364. The molecule has 1 unspecified atom stereocenters. The first-order chi connectivity index (χ1) is 8.69. The van der Waals surface area contributed by atoms with Crippen LogP contribution in [0.3, 0.4) is 0 Å². The van der Waals surface area contributed by atoms with Crippen LogP contribution in [0.1, 0.15) is 25.8 Å². The van der Waals surface area contributed by atoms with Crippen molar-refractivity contribution in [3.63, 3.8) is 0 Å². The molecule has 1 aliphatic heterocycles. The van der Waals surface area contributed by atoms with E-state index in [1.807, 2.05) is 6.20 Å². The standard InChI is InChI=1S/C14H23N3O/c1-11(2)15-8-12-4-5-14(16-9-12)17-7-6-13(10-17)18-3/h4-5,9,11,13,15H,6-8,10H2,1-3H3. The minimum Gasteiger partial charge on any atom is -0.380 e. The minimum atomic E-state index is 0.356. The number of ether oxygens (including phenoxy) is 1. The number of methoxy groups -OCH3 is 1. The van der Waals surface area contributed by atoms with Crippen molar-refractivity contribution >= 4 is 5.82 Å². The lowest BCUT2D eigenvalue weighted by molar-refractivity contribution is 0.121. The van der Waals surface area contributed by atoms with E-state index < -0.39 is 0 Å². The summed E-state index contributed by atoms with van der Waals surface area (Å²) in [5.41, 5.74) is 1.23. The summed E-state index contributed by atoms with van der Waals surface area (Å²) in [7, 11) is 1.78. The van der Waals surface area contributed by atoms with E-state index in [1.165, 1.54) is 5.56 Å². The molecule has 4 nitrogen and oxygen atoms in total. The molecule has 1 aromatic rings. The number of anilines is 1. The Labute approximate surface area is 109 Å². The van der Waals surface area contributed by atoms with Crippen LogP contribution in [0.2, 0.25) is 0 Å². The maximum atomic E-state index is 5.37. The van der Waals surface area contributed by atoms with E-state index in [1.54, 1.807) is 7.11 Å². The van der Waals surface area contributed by atoms with Crippen LogP contribution in [0.4, 0.5) is 5.82 Å². The molecule has 0 aliphatic carbocycles. The first-order valence-corrected chi connectivity index (χ1v) is 6.65. The summed E-state index contributed by atoms with van der Waals surface area (Å²) in [6.45, 7) is 7.17. The molecule has 1 atom stereocenters. The second kappa shape index (κ2) is 6.16. The molecular formula is C14H23N3O. The molecule has 0 aromatic carbocycles. The molecule has 1 aliphatic rings. The summed E-state index contributed by atoms with van der Waals surface area (Å²) in [4.78, 5) is 6.82. The third-order valence-corrected chi connectivity index (χ3v) is 3.33. The van der Waals surface area contributed by atoms with Crippen molar-refractivity contribution in [3.8, 4) is 0 Å². The summed E-state index contributed by atoms with van der Waals surface area (Å²) >= 11 is 0. The number of rotatable bonds is 5. The number of hydrogen-bond acceptors (Lipinski definition) is 4. The summed E-state index contributed by atoms with van der Waals surface area (Å²) < 4.78 is 5.37. The Kier molecular flexibility index (Phi) is 4.55. The quantitative estimate of drug-likeness (QED) is 0.863. The van der Waals surface area contributed by atoms with E-state index in [4.69, 9.17) is 4.74 Å². The zero-order valence-corrected chi connectivity index (χ0v) is 11.5. The van der Waals surface area contributed by atoms with Crippen LogP contribution in [-0.4, -0.2) is 37.3 Å². The minimum absolute atomic E-state index is 0.356. The Balaban J connectivity index is 1.91. The van der Waals surface area contributed by atoms with E-state index in [2.05, 4.69) is 41.2 Å². The molecular weight excluding hydrogens is 226 g/mol. The molecule has 0 radical (unpaired) electrons. The maximum Gasteiger partial charge on any atom is 0.128 e. The van der Waals surface area contributed by atoms with Crippen LogP contribution in [0.5, 0.6) is 0 Å². The Morgan fingerprint density at radius 3 is 2.89 bits per heavy atom. The number of nitrogens with zero attached hydrogens (tertiary/aromatic N) is 2. The Hall–Kier alpha value is -1.13. The fourth-order valence-corrected chi connectivity index (χ4v) is 2.16. The van der Waals surface area contributed by atoms with Gasteiger partial charge in [-0.25, -0.2) is 4.98 Å². The van der Waals surface area contributed by atoms with Crippen molar-refractivity contribution in [1.29, 1.82) is 0 Å². The lowest BCUT2D eigenvalue weighted by atomic mass is 10.2. The molecule has 0 bridgehead atoms. The summed E-state index contributed by atoms with van der Waals surface area (Å²) in [6.07, 6.45) is 3.41. The predicted octanol–water partition coefficient (Wildman–Crippen LogP) is 1.80. The third kappa shape index (κ3) is 3.43. The van der Waals surface area contributed by atoms with Gasteiger partial charge in [0.25, 0.3) is 0 Å². The average Bonchev–Trinajstić information content (AvgIpc) is 2.85. The van der Waals surface area contributed by atoms with Gasteiger partial charge in [0, 0.05) is 39.0 Å². The van der Waals surface area contributed by atoms with Gasteiger partial charge < -0.3 is 15.0 Å². The maximum absolute atomic E-state index is 5.37. The van der Waals surface area contributed by atoms with Crippen LogP contribution in [0, 0.1) is 0 Å². The van der Waals surface area contributed by atoms with Gasteiger partial charge in [0.2, 0.25) is 0 Å². The van der Waals surface area contributed by atoms with Crippen molar-refractivity contribution in [1.82, 2.24) is 10.3 Å². The van der Waals surface area contributed by atoms with Gasteiger partial charge >= 0.3 is 0 Å². The smallest absolute Gasteiger partial charge is 0.128 e. The number of nitrogens with one attached hydrogen (secondary N) is 1. The Morgan fingerprint density at radius 1 is 1.50 bits per heavy atom. The van der Waals surface area contributed by atoms with Crippen LogP contribution in [0.25, 0.3) is 0 Å². The van der Waals surface area contributed by atoms with E-state index in [0.717, 1.165) is 31.9 Å². The summed E-state index contributed by atoms with van der Waals surface area (Å²) in [5, 5.41) is 3.39. The van der Waals surface area contributed by atoms with Crippen LogP contribution >= 0.6 is 0 Å². The van der Waals surface area contributed by atoms with E-state index >= 15 is 0 Å². The molecule has 1 saturated heterocycles. The highest BCUT2D eigenvalue weighted by atomic mass is 16.5. The SMILES string of the molecule is COC1CCN(c2ccc(CNC(C)C)cn2)C1. The van der Waals surface area contributed by atoms with Gasteiger partial charge in [-0.3, -0.25) is 0 Å². The number of aromatic nitrogens is 1. The van der Waals surface area contributed by atoms with Gasteiger partial charge in [0.1, 0.15) is 5.82 Å². The van der Waals surface area contributed by atoms with Crippen molar-refractivity contribution < 1.29 is 4.74 Å². The highest BCUT2D eigenvalue weighted by molar-refractivity contribution is 5.40. The zero-order valence-electron chi connectivity index (χ0n) is 11.5. The first kappa shape index (κ1) is 13.3. The molecule has 18 heavy (non-hydrogen) atoms. The van der Waals surface area contributed by atoms with E-state index in [-0.39, 0.29) is 0 Å². The normalized spacial score (nSPS) is 19.8. The van der Waals surface area contributed by atoms with Crippen molar-refractivity contribution in [3.05, 3.63) is 23.9 Å². The molecule has 100 valence electrons. The molecule has 0 amide bonds. The second-order valence-electron chi connectivity index (χ2n) is 5.15. The summed E-state index contributed by atoms with van der Waals surface area (Å²) in [5.74, 6) is 1.06. The lowest BCUT2D eigenvalue weighted by Crippen LogP contribution is -2.24. The van der Waals surface area contributed by atoms with E-state index in [0.29, 0.717) is 12.1 Å². The summed E-state index contributed by atoms with van der Waals surface area (Å²) in [6, 6.07) is 4.76. The second-order valence-corrected chi connectivity index (χ2v) is 5.15. The molecule has 2 rings (SSSR count). The third-order valence-electron chi connectivity index (χ3n) is 3.33. The molecule has 2 heterocycles. The van der Waals surface area contributed by atoms with Gasteiger partial charge in [-0.15, -0.1) is 0 Å². The fourth-order valence-electron chi connectivity index (χ4n) is 2.16. The van der Waals surface area contributed by atoms with Crippen LogP contribution < -0.4 is 10.2 Å². The van der Waals surface area contributed by atoms with E-state index in [9.17, 15) is 0 Å². The first-order valence-electron chi connectivity index (χ1n) is 6.65. The van der Waals surface area contributed by atoms with Gasteiger partial charge in [-0.05, 0) is 18.1 Å². The monoisotopic (exact) mass is 249 g/mol. The Morgan fingerprint density at radius 2 is 2.33 bits per heavy atom. The molecule has 0 spiro atoms. The van der Waals surface area contributed by atoms with Gasteiger partial charge in [0.15, 0.2) is 0 Å². The molecule has 1 fully saturated rings.